The van der Waals surface area contributed by atoms with Crippen LogP contribution < -0.4 is 50.9 Å². The van der Waals surface area contributed by atoms with Gasteiger partial charge >= 0.3 is 0 Å². The summed E-state index contributed by atoms with van der Waals surface area (Å²) in [6, 6.07) is 0. The van der Waals surface area contributed by atoms with Crippen molar-refractivity contribution in [1.82, 2.24) is 0 Å². The summed E-state index contributed by atoms with van der Waals surface area (Å²) in [5.74, 6) is 0. The van der Waals surface area contributed by atoms with Gasteiger partial charge in [-0.1, -0.05) is 40.0 Å². The van der Waals surface area contributed by atoms with Crippen LogP contribution in [-0.4, -0.2) is 73.2 Å². The number of hydrogen-bond donors (Lipinski definition) is 0. The minimum absolute atomic E-state index is 0. The molecule has 9 heteroatoms. The van der Waals surface area contributed by atoms with Crippen molar-refractivity contribution in [3.63, 3.8) is 0 Å². The van der Waals surface area contributed by atoms with Crippen molar-refractivity contribution in [3.8, 4) is 0 Å². The van der Waals surface area contributed by atoms with Gasteiger partial charge in [-0.15, -0.1) is 0 Å². The first-order chi connectivity index (χ1) is 14.3. The summed E-state index contributed by atoms with van der Waals surface area (Å²) in [4.78, 5) is 12.2. The van der Waals surface area contributed by atoms with Crippen molar-refractivity contribution >= 4 is 19.0 Å². The van der Waals surface area contributed by atoms with Crippen molar-refractivity contribution in [1.29, 1.82) is 0 Å². The molecular formula is C24H45Br3N6. The maximum atomic E-state index is 4.06. The van der Waals surface area contributed by atoms with Gasteiger partial charge in [0.15, 0.2) is 19.0 Å². The molecule has 0 aromatic carbocycles. The van der Waals surface area contributed by atoms with Crippen LogP contribution in [0.3, 0.4) is 0 Å². The number of aliphatic imine (C=N–C) groups is 3. The largest absolute Gasteiger partial charge is 1.00 e. The molecule has 3 heterocycles. The lowest BCUT2D eigenvalue weighted by atomic mass is 10.3. The Labute approximate surface area is 234 Å². The Hall–Kier alpha value is -0.450. The van der Waals surface area contributed by atoms with Crippen molar-refractivity contribution in [2.75, 3.05) is 40.8 Å². The van der Waals surface area contributed by atoms with Gasteiger partial charge in [-0.25, -0.2) is 15.0 Å². The summed E-state index contributed by atoms with van der Waals surface area (Å²) in [7, 11) is 6.51. The predicted octanol–water partition coefficient (Wildman–Crippen LogP) is -3.75. The highest BCUT2D eigenvalue weighted by molar-refractivity contribution is 5.51. The van der Waals surface area contributed by atoms with E-state index in [1.807, 2.05) is 37.6 Å². The Morgan fingerprint density at radius 2 is 0.727 bits per heavy atom. The van der Waals surface area contributed by atoms with Crippen LogP contribution >= 0.6 is 0 Å². The molecule has 3 aliphatic rings. The molecule has 0 bridgehead atoms. The molecule has 0 fully saturated rings. The van der Waals surface area contributed by atoms with E-state index in [1.54, 1.807) is 0 Å². The van der Waals surface area contributed by atoms with Gasteiger partial charge in [0.25, 0.3) is 0 Å². The molecule has 0 radical (unpaired) electrons. The molecule has 0 N–H and O–H groups in total. The lowest BCUT2D eigenvalue weighted by Gasteiger charge is -2.20. The first-order valence-electron chi connectivity index (χ1n) is 11.5. The molecular weight excluding hydrogens is 612 g/mol. The van der Waals surface area contributed by atoms with Crippen LogP contribution in [-0.2, 0) is 0 Å². The van der Waals surface area contributed by atoms with E-state index in [-0.39, 0.29) is 50.9 Å². The zero-order valence-electron chi connectivity index (χ0n) is 21.4. The van der Waals surface area contributed by atoms with E-state index in [1.165, 1.54) is 58.2 Å². The maximum Gasteiger partial charge on any atom is 0.194 e. The van der Waals surface area contributed by atoms with Gasteiger partial charge in [0.1, 0.15) is 18.6 Å². The normalized spacial score (nSPS) is 27.1. The Morgan fingerprint density at radius 3 is 0.879 bits per heavy atom. The molecule has 0 aromatic rings. The van der Waals surface area contributed by atoms with Crippen molar-refractivity contribution < 1.29 is 64.4 Å². The third-order valence-corrected chi connectivity index (χ3v) is 5.45. The second kappa shape index (κ2) is 19.8. The maximum absolute atomic E-state index is 4.06. The molecule has 0 saturated heterocycles. The average Bonchev–Trinajstić information content (AvgIpc) is 3.47. The van der Waals surface area contributed by atoms with Gasteiger partial charge < -0.3 is 50.9 Å². The summed E-state index contributed by atoms with van der Waals surface area (Å²) in [6.45, 7) is 10.2. The van der Waals surface area contributed by atoms with E-state index in [4.69, 9.17) is 0 Å². The highest BCUT2D eigenvalue weighted by Crippen LogP contribution is 2.10. The fourth-order valence-corrected chi connectivity index (χ4v) is 3.15. The van der Waals surface area contributed by atoms with Gasteiger partial charge in [-0.2, -0.15) is 0 Å². The number of nitrogens with zero attached hydrogens (tertiary/aromatic N) is 6. The molecule has 3 atom stereocenters. The Bertz CT molecular complexity index is 545. The van der Waals surface area contributed by atoms with Crippen molar-refractivity contribution in [3.05, 3.63) is 37.2 Å². The number of rotatable bonds is 9. The lowest BCUT2D eigenvalue weighted by molar-refractivity contribution is -0.756. The second-order valence-electron chi connectivity index (χ2n) is 8.96. The molecule has 3 aliphatic heterocycles. The van der Waals surface area contributed by atoms with E-state index in [0.29, 0.717) is 0 Å². The van der Waals surface area contributed by atoms with E-state index in [9.17, 15) is 0 Å². The molecule has 0 spiro atoms. The Morgan fingerprint density at radius 1 is 0.485 bits per heavy atom. The first-order valence-corrected chi connectivity index (χ1v) is 11.5. The van der Waals surface area contributed by atoms with E-state index in [2.05, 4.69) is 75.5 Å². The van der Waals surface area contributed by atoms with E-state index < -0.39 is 0 Å². The molecule has 3 rings (SSSR count). The number of unbranched alkanes of at least 4 members (excludes halogenated alkanes) is 3. The number of quaternary nitrogens is 3. The molecule has 0 aromatic heterocycles. The van der Waals surface area contributed by atoms with Gasteiger partial charge in [-0.3, -0.25) is 13.4 Å². The Balaban J connectivity index is -0.000000391. The summed E-state index contributed by atoms with van der Waals surface area (Å²) in [5, 5.41) is 0. The van der Waals surface area contributed by atoms with Crippen molar-refractivity contribution in [2.45, 2.75) is 59.3 Å². The van der Waals surface area contributed by atoms with E-state index >= 15 is 0 Å². The third kappa shape index (κ3) is 16.0. The molecule has 192 valence electrons. The monoisotopic (exact) mass is 654 g/mol. The molecule has 0 amide bonds. The van der Waals surface area contributed by atoms with Crippen LogP contribution in [0.1, 0.15) is 59.3 Å². The van der Waals surface area contributed by atoms with Crippen LogP contribution in [0.15, 0.2) is 52.2 Å². The van der Waals surface area contributed by atoms with Crippen molar-refractivity contribution in [2.24, 2.45) is 15.0 Å². The summed E-state index contributed by atoms with van der Waals surface area (Å²) in [6.07, 6.45) is 25.5. The average molecular weight is 657 g/mol. The highest BCUT2D eigenvalue weighted by atomic mass is 79.9. The zero-order chi connectivity index (χ0) is 22.3. The lowest BCUT2D eigenvalue weighted by Crippen LogP contribution is -3.00. The summed E-state index contributed by atoms with van der Waals surface area (Å²) < 4.78 is 2.65. The highest BCUT2D eigenvalue weighted by Gasteiger charge is 2.19. The third-order valence-electron chi connectivity index (χ3n) is 5.45. The predicted molar refractivity (Wildman–Crippen MR) is 131 cm³/mol. The number of halogens is 3. The molecule has 6 nitrogen and oxygen atoms in total. The fourth-order valence-electron chi connectivity index (χ4n) is 3.15. The van der Waals surface area contributed by atoms with Gasteiger partial charge in [0, 0.05) is 0 Å². The second-order valence-corrected chi connectivity index (χ2v) is 8.96. The van der Waals surface area contributed by atoms with Crippen LogP contribution in [0.5, 0.6) is 0 Å². The van der Waals surface area contributed by atoms with Crippen LogP contribution in [0.2, 0.25) is 0 Å². The van der Waals surface area contributed by atoms with Crippen LogP contribution in [0.4, 0.5) is 0 Å². The Kier molecular flexibility index (Phi) is 22.3. The fraction of sp³-hybridized carbons (Fsp3) is 0.625. The quantitative estimate of drug-likeness (QED) is 0.229. The number of hydrogen-bond acceptors (Lipinski definition) is 3. The molecule has 0 aliphatic carbocycles. The van der Waals surface area contributed by atoms with E-state index in [0.717, 1.165) is 13.4 Å². The SMILES string of the molecule is CCCC[N+]1(C)C=CN=C1.CCCC[N+]1(C)C=CN=C1.CCCC[N+]1(C)C=CN=C1.[Br-].[Br-].[Br-]. The minimum Gasteiger partial charge on any atom is -1.00 e. The van der Waals surface area contributed by atoms with Crippen LogP contribution in [0.25, 0.3) is 0 Å². The summed E-state index contributed by atoms with van der Waals surface area (Å²) >= 11 is 0. The standard InChI is InChI=1S/3C8H15N2.3BrH/c3*1-3-4-6-10(2)7-5-9-8-10;;;/h3*5,7-8H,3-4,6H2,1-2H3;3*1H/q3*+1;;;/p-3. The van der Waals surface area contributed by atoms with Gasteiger partial charge in [0.2, 0.25) is 0 Å². The zero-order valence-corrected chi connectivity index (χ0v) is 26.1. The van der Waals surface area contributed by atoms with Gasteiger partial charge in [-0.05, 0) is 19.3 Å². The smallest absolute Gasteiger partial charge is 0.194 e. The van der Waals surface area contributed by atoms with Gasteiger partial charge in [0.05, 0.1) is 59.4 Å². The molecule has 3 unspecified atom stereocenters. The molecule has 33 heavy (non-hydrogen) atoms. The topological polar surface area (TPSA) is 37.1 Å². The van der Waals surface area contributed by atoms with Crippen LogP contribution in [0, 0.1) is 0 Å². The minimum atomic E-state index is 0. The molecule has 0 saturated carbocycles. The first kappa shape index (κ1) is 37.1. The summed E-state index contributed by atoms with van der Waals surface area (Å²) in [5.41, 5.74) is 0.